The van der Waals surface area contributed by atoms with E-state index in [9.17, 15) is 9.18 Å². The first-order valence-corrected chi connectivity index (χ1v) is 6.54. The fraction of sp³-hybridized carbons (Fsp3) is 0.500. The van der Waals surface area contributed by atoms with Crippen molar-refractivity contribution in [2.75, 3.05) is 13.7 Å². The Kier molecular flexibility index (Phi) is 4.74. The topological polar surface area (TPSA) is 50.4 Å². The summed E-state index contributed by atoms with van der Waals surface area (Å²) in [6.45, 7) is 0.836. The van der Waals surface area contributed by atoms with E-state index in [1.807, 2.05) is 0 Å². The van der Waals surface area contributed by atoms with E-state index in [-0.39, 0.29) is 11.7 Å². The van der Waals surface area contributed by atoms with Gasteiger partial charge in [-0.05, 0) is 38.1 Å². The molecule has 104 valence electrons. The van der Waals surface area contributed by atoms with E-state index in [4.69, 9.17) is 4.74 Å². The monoisotopic (exact) mass is 266 g/mol. The van der Waals surface area contributed by atoms with Crippen LogP contribution in [-0.2, 0) is 11.3 Å². The number of amides is 1. The van der Waals surface area contributed by atoms with Gasteiger partial charge in [-0.1, -0.05) is 0 Å². The minimum absolute atomic E-state index is 0.0137. The second-order valence-electron chi connectivity index (χ2n) is 4.72. The minimum Gasteiger partial charge on any atom is -0.493 e. The summed E-state index contributed by atoms with van der Waals surface area (Å²) in [5.41, 5.74) is 0.755. The Hall–Kier alpha value is -1.62. The van der Waals surface area contributed by atoms with Gasteiger partial charge in [0.05, 0.1) is 13.0 Å². The van der Waals surface area contributed by atoms with Gasteiger partial charge < -0.3 is 15.4 Å². The highest BCUT2D eigenvalue weighted by Crippen LogP contribution is 2.20. The van der Waals surface area contributed by atoms with Crippen LogP contribution in [0.25, 0.3) is 0 Å². The van der Waals surface area contributed by atoms with Crippen LogP contribution in [0.5, 0.6) is 5.75 Å². The second-order valence-corrected chi connectivity index (χ2v) is 4.72. The molecule has 0 unspecified atom stereocenters. The summed E-state index contributed by atoms with van der Waals surface area (Å²) in [5.74, 6) is 0.346. The molecule has 0 spiro atoms. The van der Waals surface area contributed by atoms with Gasteiger partial charge in [0.15, 0.2) is 0 Å². The molecule has 0 atom stereocenters. The maximum absolute atomic E-state index is 13.1. The van der Waals surface area contributed by atoms with E-state index in [1.54, 1.807) is 13.1 Å². The summed E-state index contributed by atoms with van der Waals surface area (Å²) in [4.78, 5) is 11.5. The summed E-state index contributed by atoms with van der Waals surface area (Å²) >= 11 is 0. The van der Waals surface area contributed by atoms with Gasteiger partial charge in [0, 0.05) is 18.2 Å². The first-order chi connectivity index (χ1) is 9.19. The molecule has 1 saturated carbocycles. The first kappa shape index (κ1) is 13.8. The van der Waals surface area contributed by atoms with E-state index in [0.717, 1.165) is 18.4 Å². The number of nitrogens with one attached hydrogen (secondary N) is 2. The Morgan fingerprint density at radius 3 is 2.95 bits per heavy atom. The van der Waals surface area contributed by atoms with Crippen molar-refractivity contribution in [2.45, 2.75) is 31.8 Å². The fourth-order valence-electron chi connectivity index (χ4n) is 1.80. The van der Waals surface area contributed by atoms with Crippen LogP contribution in [0.2, 0.25) is 0 Å². The van der Waals surface area contributed by atoms with Crippen LogP contribution in [0.1, 0.15) is 24.8 Å². The van der Waals surface area contributed by atoms with Crippen LogP contribution < -0.4 is 15.4 Å². The van der Waals surface area contributed by atoms with Crippen molar-refractivity contribution in [3.8, 4) is 5.75 Å². The van der Waals surface area contributed by atoms with Gasteiger partial charge in [-0.25, -0.2) is 4.39 Å². The molecule has 0 bridgehead atoms. The summed E-state index contributed by atoms with van der Waals surface area (Å²) in [6, 6.07) is 4.77. The third-order valence-electron chi connectivity index (χ3n) is 2.92. The molecular weight excluding hydrogens is 247 g/mol. The molecule has 1 amide bonds. The molecule has 5 heteroatoms. The highest BCUT2D eigenvalue weighted by Gasteiger charge is 2.22. The molecule has 1 fully saturated rings. The van der Waals surface area contributed by atoms with Crippen LogP contribution >= 0.6 is 0 Å². The summed E-state index contributed by atoms with van der Waals surface area (Å²) in [6.07, 6.45) is 2.49. The Balaban J connectivity index is 1.82. The smallest absolute Gasteiger partial charge is 0.223 e. The van der Waals surface area contributed by atoms with Crippen LogP contribution in [0, 0.1) is 5.82 Å². The Bertz CT molecular complexity index is 447. The second kappa shape index (κ2) is 6.52. The molecule has 1 aromatic carbocycles. The number of carbonyl (C=O) groups is 1. The molecule has 0 aliphatic heterocycles. The number of benzene rings is 1. The first-order valence-electron chi connectivity index (χ1n) is 6.54. The van der Waals surface area contributed by atoms with Gasteiger partial charge in [0.1, 0.15) is 11.6 Å². The van der Waals surface area contributed by atoms with Crippen molar-refractivity contribution in [3.05, 3.63) is 29.6 Å². The van der Waals surface area contributed by atoms with Crippen molar-refractivity contribution in [1.82, 2.24) is 10.6 Å². The normalized spacial score (nSPS) is 14.2. The van der Waals surface area contributed by atoms with Crippen molar-refractivity contribution in [1.29, 1.82) is 0 Å². The van der Waals surface area contributed by atoms with Gasteiger partial charge in [-0.3, -0.25) is 4.79 Å². The lowest BCUT2D eigenvalue weighted by molar-refractivity contribution is -0.121. The van der Waals surface area contributed by atoms with Crippen molar-refractivity contribution in [3.63, 3.8) is 0 Å². The van der Waals surface area contributed by atoms with Crippen LogP contribution in [0.3, 0.4) is 0 Å². The third-order valence-corrected chi connectivity index (χ3v) is 2.92. The average molecular weight is 266 g/mol. The summed E-state index contributed by atoms with van der Waals surface area (Å²) in [7, 11) is 1.79. The van der Waals surface area contributed by atoms with E-state index in [0.29, 0.717) is 31.4 Å². The molecule has 1 aromatic rings. The molecule has 1 aliphatic rings. The number of hydrogen-bond acceptors (Lipinski definition) is 3. The average Bonchev–Trinajstić information content (AvgIpc) is 3.16. The van der Waals surface area contributed by atoms with Gasteiger partial charge >= 0.3 is 0 Å². The van der Waals surface area contributed by atoms with Crippen molar-refractivity contribution >= 4 is 5.91 Å². The van der Waals surface area contributed by atoms with E-state index < -0.39 is 0 Å². The molecule has 19 heavy (non-hydrogen) atoms. The van der Waals surface area contributed by atoms with Crippen molar-refractivity contribution < 1.29 is 13.9 Å². The predicted molar refractivity (Wildman–Crippen MR) is 70.4 cm³/mol. The van der Waals surface area contributed by atoms with Crippen molar-refractivity contribution in [2.24, 2.45) is 0 Å². The standard InChI is InChI=1S/C14H19FN2O2/c1-16-9-10-8-11(15)2-5-13(10)19-7-6-14(18)17-12-3-4-12/h2,5,8,12,16H,3-4,6-7,9H2,1H3,(H,17,18). The molecule has 0 heterocycles. The number of ether oxygens (including phenoxy) is 1. The van der Waals surface area contributed by atoms with Crippen LogP contribution in [-0.4, -0.2) is 25.6 Å². The zero-order valence-corrected chi connectivity index (χ0v) is 11.0. The SMILES string of the molecule is CNCc1cc(F)ccc1OCCC(=O)NC1CC1. The minimum atomic E-state index is -0.288. The van der Waals surface area contributed by atoms with Gasteiger partial charge in [0.25, 0.3) is 0 Å². The molecule has 4 nitrogen and oxygen atoms in total. The zero-order chi connectivity index (χ0) is 13.7. The number of carbonyl (C=O) groups excluding carboxylic acids is 1. The number of halogens is 1. The van der Waals surface area contributed by atoms with Gasteiger partial charge in [-0.15, -0.1) is 0 Å². The maximum Gasteiger partial charge on any atom is 0.223 e. The summed E-state index contributed by atoms with van der Waals surface area (Å²) in [5, 5.41) is 5.86. The molecule has 2 rings (SSSR count). The quantitative estimate of drug-likeness (QED) is 0.788. The number of hydrogen-bond donors (Lipinski definition) is 2. The number of rotatable bonds is 7. The van der Waals surface area contributed by atoms with Gasteiger partial charge in [-0.2, -0.15) is 0 Å². The Morgan fingerprint density at radius 1 is 1.47 bits per heavy atom. The Labute approximate surface area is 112 Å². The Morgan fingerprint density at radius 2 is 2.26 bits per heavy atom. The zero-order valence-electron chi connectivity index (χ0n) is 11.0. The molecule has 0 saturated heterocycles. The molecule has 0 radical (unpaired) electrons. The lowest BCUT2D eigenvalue weighted by Gasteiger charge is -2.11. The fourth-order valence-corrected chi connectivity index (χ4v) is 1.80. The summed E-state index contributed by atoms with van der Waals surface area (Å²) < 4.78 is 18.7. The lowest BCUT2D eigenvalue weighted by Crippen LogP contribution is -2.26. The molecule has 0 aromatic heterocycles. The third kappa shape index (κ3) is 4.52. The highest BCUT2D eigenvalue weighted by molar-refractivity contribution is 5.76. The molecule has 1 aliphatic carbocycles. The van der Waals surface area contributed by atoms with E-state index in [2.05, 4.69) is 10.6 Å². The molecule has 2 N–H and O–H groups in total. The van der Waals surface area contributed by atoms with E-state index in [1.165, 1.54) is 12.1 Å². The largest absolute Gasteiger partial charge is 0.493 e. The predicted octanol–water partition coefficient (Wildman–Crippen LogP) is 1.59. The highest BCUT2D eigenvalue weighted by atomic mass is 19.1. The van der Waals surface area contributed by atoms with E-state index >= 15 is 0 Å². The maximum atomic E-state index is 13.1. The molecular formula is C14H19FN2O2. The van der Waals surface area contributed by atoms with Crippen LogP contribution in [0.15, 0.2) is 18.2 Å². The van der Waals surface area contributed by atoms with Gasteiger partial charge in [0.2, 0.25) is 5.91 Å². The lowest BCUT2D eigenvalue weighted by atomic mass is 10.2. The van der Waals surface area contributed by atoms with Crippen LogP contribution in [0.4, 0.5) is 4.39 Å².